The molecule has 2 rings (SSSR count). The zero-order valence-electron chi connectivity index (χ0n) is 13.6. The second-order valence-corrected chi connectivity index (χ2v) is 6.11. The molecule has 0 aliphatic rings. The van der Waals surface area contributed by atoms with E-state index in [4.69, 9.17) is 0 Å². The molecule has 23 heavy (non-hydrogen) atoms. The lowest BCUT2D eigenvalue weighted by Crippen LogP contribution is -2.15. The van der Waals surface area contributed by atoms with Gasteiger partial charge in [0.25, 0.3) is 0 Å². The molecule has 2 atom stereocenters. The Bertz CT molecular complexity index is 561. The van der Waals surface area contributed by atoms with Crippen LogP contribution in [0.2, 0.25) is 0 Å². The second kappa shape index (κ2) is 9.35. The molecule has 5 nitrogen and oxygen atoms in total. The van der Waals surface area contributed by atoms with Crippen LogP contribution in [-0.2, 0) is 12.8 Å². The van der Waals surface area contributed by atoms with Crippen molar-refractivity contribution in [1.29, 1.82) is 0 Å². The van der Waals surface area contributed by atoms with Crippen LogP contribution in [0.1, 0.15) is 50.4 Å². The van der Waals surface area contributed by atoms with Crippen LogP contribution >= 0.6 is 0 Å². The summed E-state index contributed by atoms with van der Waals surface area (Å²) < 4.78 is 13.2. The van der Waals surface area contributed by atoms with Gasteiger partial charge in [-0.25, -0.2) is 4.39 Å². The molecule has 0 radical (unpaired) electrons. The van der Waals surface area contributed by atoms with E-state index in [1.54, 1.807) is 6.07 Å². The lowest BCUT2D eigenvalue weighted by Gasteiger charge is -2.17. The molecule has 0 saturated carbocycles. The maximum atomic E-state index is 13.2. The number of aliphatic hydroxyl groups excluding tert-OH is 1. The molecule has 0 spiro atoms. The van der Waals surface area contributed by atoms with Gasteiger partial charge in [0.1, 0.15) is 5.82 Å². The smallest absolute Gasteiger partial charge is 0.174 e. The van der Waals surface area contributed by atoms with Crippen molar-refractivity contribution in [2.24, 2.45) is 5.92 Å². The van der Waals surface area contributed by atoms with Crippen molar-refractivity contribution in [2.75, 3.05) is 0 Å². The third-order valence-corrected chi connectivity index (χ3v) is 4.09. The average molecular weight is 320 g/mol. The first kappa shape index (κ1) is 17.5. The molecule has 0 amide bonds. The molecule has 2 N–H and O–H groups in total. The minimum Gasteiger partial charge on any atom is -0.393 e. The topological polar surface area (TPSA) is 74.7 Å². The van der Waals surface area contributed by atoms with Gasteiger partial charge >= 0.3 is 0 Å². The summed E-state index contributed by atoms with van der Waals surface area (Å²) in [6.07, 6.45) is 5.82. The summed E-state index contributed by atoms with van der Waals surface area (Å²) in [6, 6.07) is 6.43. The molecule has 2 aromatic rings. The van der Waals surface area contributed by atoms with E-state index in [1.807, 2.05) is 6.07 Å². The minimum atomic E-state index is -0.453. The molecule has 0 aliphatic carbocycles. The summed E-state index contributed by atoms with van der Waals surface area (Å²) in [7, 11) is 0. The quantitative estimate of drug-likeness (QED) is 0.705. The van der Waals surface area contributed by atoms with Crippen molar-refractivity contribution in [1.82, 2.24) is 20.6 Å². The Balaban J connectivity index is 1.81. The average Bonchev–Trinajstić information content (AvgIpc) is 3.03. The van der Waals surface area contributed by atoms with Gasteiger partial charge in [0.15, 0.2) is 5.82 Å². The fraction of sp³-hybridized carbons (Fsp3) is 0.588. The molecule has 6 heteroatoms. The summed E-state index contributed by atoms with van der Waals surface area (Å²) in [6.45, 7) is 2.17. The number of hydrogen-bond donors (Lipinski definition) is 2. The van der Waals surface area contributed by atoms with Crippen molar-refractivity contribution in [3.63, 3.8) is 0 Å². The van der Waals surface area contributed by atoms with E-state index in [1.165, 1.54) is 12.1 Å². The Morgan fingerprint density at radius 3 is 2.78 bits per heavy atom. The maximum Gasteiger partial charge on any atom is 0.174 e. The van der Waals surface area contributed by atoms with Crippen molar-refractivity contribution < 1.29 is 9.50 Å². The summed E-state index contributed by atoms with van der Waals surface area (Å²) in [4.78, 5) is 0. The number of unbranched alkanes of at least 4 members (excludes halogenated alkanes) is 1. The summed E-state index contributed by atoms with van der Waals surface area (Å²) in [5.74, 6) is 0.910. The number of rotatable bonds is 10. The number of H-pyrrole nitrogens is 1. The number of aromatic nitrogens is 4. The molecular weight excluding hydrogens is 295 g/mol. The van der Waals surface area contributed by atoms with Crippen molar-refractivity contribution in [3.8, 4) is 0 Å². The maximum absolute atomic E-state index is 13.2. The first-order valence-electron chi connectivity index (χ1n) is 8.32. The van der Waals surface area contributed by atoms with E-state index in [-0.39, 0.29) is 5.82 Å². The molecule has 0 bridgehead atoms. The molecule has 1 aromatic heterocycles. The van der Waals surface area contributed by atoms with Gasteiger partial charge in [0.2, 0.25) is 0 Å². The van der Waals surface area contributed by atoms with Crippen molar-refractivity contribution in [3.05, 3.63) is 41.5 Å². The molecule has 1 heterocycles. The SMILES string of the molecule is CCCCC(CCC(O)Cc1cccc(F)c1)Cc1nn[nH]n1. The van der Waals surface area contributed by atoms with Gasteiger partial charge in [-0.2, -0.15) is 5.21 Å². The fourth-order valence-corrected chi connectivity index (χ4v) is 2.83. The summed E-state index contributed by atoms with van der Waals surface area (Å²) in [5.41, 5.74) is 0.834. The molecular formula is C17H25FN4O. The van der Waals surface area contributed by atoms with Crippen LogP contribution < -0.4 is 0 Å². The number of tetrazole rings is 1. The predicted octanol–water partition coefficient (Wildman–Crippen LogP) is 3.07. The first-order chi connectivity index (χ1) is 11.2. The molecule has 0 fully saturated rings. The molecule has 0 saturated heterocycles. The standard InChI is InChI=1S/C17H25FN4O/c1-2-3-5-13(12-17-19-21-22-20-17)8-9-16(23)11-14-6-4-7-15(18)10-14/h4,6-7,10,13,16,23H,2-3,5,8-9,11-12H2,1H3,(H,19,20,21,22). The summed E-state index contributed by atoms with van der Waals surface area (Å²) >= 11 is 0. The molecule has 126 valence electrons. The molecule has 1 aromatic carbocycles. The number of nitrogens with one attached hydrogen (secondary N) is 1. The van der Waals surface area contributed by atoms with Crippen LogP contribution in [0.4, 0.5) is 4.39 Å². The Hall–Kier alpha value is -1.82. The fourth-order valence-electron chi connectivity index (χ4n) is 2.83. The monoisotopic (exact) mass is 320 g/mol. The van der Waals surface area contributed by atoms with Crippen LogP contribution in [-0.4, -0.2) is 31.8 Å². The van der Waals surface area contributed by atoms with Crippen LogP contribution in [0.3, 0.4) is 0 Å². The van der Waals surface area contributed by atoms with Gasteiger partial charge in [0.05, 0.1) is 6.10 Å². The number of nitrogens with zero attached hydrogens (tertiary/aromatic N) is 3. The lowest BCUT2D eigenvalue weighted by molar-refractivity contribution is 0.153. The zero-order valence-corrected chi connectivity index (χ0v) is 13.6. The van der Waals surface area contributed by atoms with Crippen molar-refractivity contribution >= 4 is 0 Å². The number of aliphatic hydroxyl groups is 1. The second-order valence-electron chi connectivity index (χ2n) is 6.11. The number of aromatic amines is 1. The Kier molecular flexibility index (Phi) is 7.13. The Morgan fingerprint density at radius 2 is 2.09 bits per heavy atom. The van der Waals surface area contributed by atoms with Gasteiger partial charge in [-0.15, -0.1) is 10.2 Å². The van der Waals surface area contributed by atoms with E-state index in [0.29, 0.717) is 18.8 Å². The predicted molar refractivity (Wildman–Crippen MR) is 86.2 cm³/mol. The van der Waals surface area contributed by atoms with Crippen LogP contribution in [0.15, 0.2) is 24.3 Å². The molecule has 2 unspecified atom stereocenters. The highest BCUT2D eigenvalue weighted by atomic mass is 19.1. The van der Waals surface area contributed by atoms with E-state index in [2.05, 4.69) is 27.5 Å². The Labute approximate surface area is 136 Å². The Morgan fingerprint density at radius 1 is 1.22 bits per heavy atom. The van der Waals surface area contributed by atoms with Gasteiger partial charge < -0.3 is 5.11 Å². The van der Waals surface area contributed by atoms with Crippen LogP contribution in [0.25, 0.3) is 0 Å². The highest BCUT2D eigenvalue weighted by Gasteiger charge is 2.15. The van der Waals surface area contributed by atoms with E-state index in [9.17, 15) is 9.50 Å². The number of hydrogen-bond acceptors (Lipinski definition) is 4. The van der Waals surface area contributed by atoms with Crippen LogP contribution in [0, 0.1) is 11.7 Å². The van der Waals surface area contributed by atoms with Gasteiger partial charge in [-0.05, 0) is 42.9 Å². The van der Waals surface area contributed by atoms with Gasteiger partial charge in [-0.1, -0.05) is 43.5 Å². The third-order valence-electron chi connectivity index (χ3n) is 4.09. The molecule has 0 aliphatic heterocycles. The van der Waals surface area contributed by atoms with E-state index >= 15 is 0 Å². The summed E-state index contributed by atoms with van der Waals surface area (Å²) in [5, 5.41) is 24.3. The number of benzene rings is 1. The zero-order chi connectivity index (χ0) is 16.5. The lowest BCUT2D eigenvalue weighted by atomic mass is 9.91. The van der Waals surface area contributed by atoms with Crippen LogP contribution in [0.5, 0.6) is 0 Å². The third kappa shape index (κ3) is 6.44. The van der Waals surface area contributed by atoms with E-state index in [0.717, 1.165) is 43.5 Å². The highest BCUT2D eigenvalue weighted by Crippen LogP contribution is 2.20. The normalized spacial score (nSPS) is 13.9. The minimum absolute atomic E-state index is 0.257. The van der Waals surface area contributed by atoms with E-state index < -0.39 is 6.10 Å². The first-order valence-corrected chi connectivity index (χ1v) is 8.32. The largest absolute Gasteiger partial charge is 0.393 e. The highest BCUT2D eigenvalue weighted by molar-refractivity contribution is 5.17. The van der Waals surface area contributed by atoms with Crippen molar-refractivity contribution in [2.45, 2.75) is 58.0 Å². The number of halogens is 1. The van der Waals surface area contributed by atoms with Gasteiger partial charge in [0, 0.05) is 6.42 Å². The van der Waals surface area contributed by atoms with Gasteiger partial charge in [-0.3, -0.25) is 0 Å².